The molecule has 1 saturated heterocycles. The summed E-state index contributed by atoms with van der Waals surface area (Å²) in [5.41, 5.74) is 1.99. The largest absolute Gasteiger partial charge is 0.336 e. The molecule has 110 valence electrons. The van der Waals surface area contributed by atoms with Gasteiger partial charge in [0.05, 0.1) is 0 Å². The van der Waals surface area contributed by atoms with Crippen molar-refractivity contribution >= 4 is 17.2 Å². The summed E-state index contributed by atoms with van der Waals surface area (Å²) in [5, 5.41) is 2.08. The summed E-state index contributed by atoms with van der Waals surface area (Å²) in [7, 11) is 2.10. The Bertz CT molecular complexity index is 601. The van der Waals surface area contributed by atoms with Crippen molar-refractivity contribution < 1.29 is 4.79 Å². The number of nitrogens with zero attached hydrogens (tertiary/aromatic N) is 2. The molecule has 0 N–H and O–H groups in total. The summed E-state index contributed by atoms with van der Waals surface area (Å²) in [5.74, 6) is 0.176. The van der Waals surface area contributed by atoms with E-state index in [1.807, 2.05) is 23.1 Å². The van der Waals surface area contributed by atoms with Crippen LogP contribution < -0.4 is 0 Å². The molecule has 1 aliphatic heterocycles. The van der Waals surface area contributed by atoms with Gasteiger partial charge in [-0.3, -0.25) is 4.79 Å². The van der Waals surface area contributed by atoms with Gasteiger partial charge in [0, 0.05) is 43.0 Å². The molecule has 0 bridgehead atoms. The van der Waals surface area contributed by atoms with Gasteiger partial charge in [0.2, 0.25) is 0 Å². The van der Waals surface area contributed by atoms with Gasteiger partial charge in [0.1, 0.15) is 0 Å². The summed E-state index contributed by atoms with van der Waals surface area (Å²) < 4.78 is 0. The van der Waals surface area contributed by atoms with Crippen molar-refractivity contribution in [2.45, 2.75) is 6.42 Å². The molecule has 0 spiro atoms. The minimum absolute atomic E-state index is 0.176. The van der Waals surface area contributed by atoms with E-state index in [4.69, 9.17) is 0 Å². The molecular formula is C17H20N2OS. The maximum absolute atomic E-state index is 12.8. The zero-order valence-corrected chi connectivity index (χ0v) is 13.1. The molecular weight excluding hydrogens is 280 g/mol. The molecule has 1 fully saturated rings. The van der Waals surface area contributed by atoms with Crippen LogP contribution in [0.15, 0.2) is 41.8 Å². The second-order valence-electron chi connectivity index (χ2n) is 5.51. The Morgan fingerprint density at radius 1 is 1.10 bits per heavy atom. The van der Waals surface area contributed by atoms with Gasteiger partial charge in [-0.2, -0.15) is 0 Å². The summed E-state index contributed by atoms with van der Waals surface area (Å²) in [6, 6.07) is 12.2. The van der Waals surface area contributed by atoms with Crippen molar-refractivity contribution in [3.63, 3.8) is 0 Å². The van der Waals surface area contributed by atoms with Crippen molar-refractivity contribution in [3.05, 3.63) is 57.8 Å². The first-order valence-electron chi connectivity index (χ1n) is 7.32. The number of piperazine rings is 1. The first kappa shape index (κ1) is 14.3. The van der Waals surface area contributed by atoms with Gasteiger partial charge in [0.25, 0.3) is 5.91 Å². The molecule has 21 heavy (non-hydrogen) atoms. The number of benzene rings is 1. The summed E-state index contributed by atoms with van der Waals surface area (Å²) in [4.78, 5) is 18.3. The van der Waals surface area contributed by atoms with Gasteiger partial charge < -0.3 is 9.80 Å². The summed E-state index contributed by atoms with van der Waals surface area (Å²) in [6.07, 6.45) is 0.841. The van der Waals surface area contributed by atoms with E-state index in [0.29, 0.717) is 0 Å². The van der Waals surface area contributed by atoms with Crippen molar-refractivity contribution in [3.8, 4) is 0 Å². The minimum Gasteiger partial charge on any atom is -0.336 e. The number of likely N-dealkylation sites (N-methyl/N-ethyl adjacent to an activating group) is 1. The Morgan fingerprint density at radius 2 is 1.86 bits per heavy atom. The van der Waals surface area contributed by atoms with Crippen LogP contribution in [0.25, 0.3) is 0 Å². The molecule has 2 heterocycles. The van der Waals surface area contributed by atoms with Gasteiger partial charge in [0.15, 0.2) is 0 Å². The Kier molecular flexibility index (Phi) is 4.36. The highest BCUT2D eigenvalue weighted by Gasteiger charge is 2.22. The molecule has 1 aliphatic rings. The van der Waals surface area contributed by atoms with E-state index in [2.05, 4.69) is 35.5 Å². The molecule has 0 radical (unpaired) electrons. The second kappa shape index (κ2) is 6.41. The molecule has 0 saturated carbocycles. The SMILES string of the molecule is CN1CCN(C(=O)c2ccccc2Cc2cccs2)CC1. The van der Waals surface area contributed by atoms with E-state index in [-0.39, 0.29) is 5.91 Å². The highest BCUT2D eigenvalue weighted by Crippen LogP contribution is 2.19. The van der Waals surface area contributed by atoms with Gasteiger partial charge in [-0.1, -0.05) is 24.3 Å². The van der Waals surface area contributed by atoms with Crippen molar-refractivity contribution in [2.75, 3.05) is 33.2 Å². The monoisotopic (exact) mass is 300 g/mol. The van der Waals surface area contributed by atoms with Crippen molar-refractivity contribution in [1.82, 2.24) is 9.80 Å². The van der Waals surface area contributed by atoms with Crippen LogP contribution >= 0.6 is 11.3 Å². The van der Waals surface area contributed by atoms with E-state index in [9.17, 15) is 4.79 Å². The lowest BCUT2D eigenvalue weighted by molar-refractivity contribution is 0.0663. The molecule has 0 atom stereocenters. The van der Waals surface area contributed by atoms with E-state index in [1.165, 1.54) is 4.88 Å². The van der Waals surface area contributed by atoms with E-state index >= 15 is 0 Å². The maximum atomic E-state index is 12.8. The summed E-state index contributed by atoms with van der Waals surface area (Å²) in [6.45, 7) is 3.56. The highest BCUT2D eigenvalue weighted by atomic mass is 32.1. The van der Waals surface area contributed by atoms with Crippen LogP contribution in [0.5, 0.6) is 0 Å². The topological polar surface area (TPSA) is 23.6 Å². The van der Waals surface area contributed by atoms with E-state index in [1.54, 1.807) is 11.3 Å². The predicted octanol–water partition coefficient (Wildman–Crippen LogP) is 2.73. The van der Waals surface area contributed by atoms with Crippen LogP contribution in [0.1, 0.15) is 20.8 Å². The van der Waals surface area contributed by atoms with Crippen LogP contribution in [0.4, 0.5) is 0 Å². The number of rotatable bonds is 3. The van der Waals surface area contributed by atoms with E-state index < -0.39 is 0 Å². The van der Waals surface area contributed by atoms with E-state index in [0.717, 1.165) is 43.7 Å². The molecule has 1 aromatic carbocycles. The second-order valence-corrected chi connectivity index (χ2v) is 6.54. The average Bonchev–Trinajstić information content (AvgIpc) is 3.01. The molecule has 4 heteroatoms. The molecule has 0 aliphatic carbocycles. The molecule has 3 rings (SSSR count). The lowest BCUT2D eigenvalue weighted by Gasteiger charge is -2.32. The van der Waals surface area contributed by atoms with Crippen molar-refractivity contribution in [2.24, 2.45) is 0 Å². The van der Waals surface area contributed by atoms with Gasteiger partial charge in [-0.25, -0.2) is 0 Å². The van der Waals surface area contributed by atoms with Crippen molar-refractivity contribution in [1.29, 1.82) is 0 Å². The number of carbonyl (C=O) groups excluding carboxylic acids is 1. The van der Waals surface area contributed by atoms with Crippen LogP contribution in [-0.4, -0.2) is 48.9 Å². The normalized spacial score (nSPS) is 16.1. The minimum atomic E-state index is 0.176. The predicted molar refractivity (Wildman–Crippen MR) is 87.0 cm³/mol. The summed E-state index contributed by atoms with van der Waals surface area (Å²) >= 11 is 1.74. The zero-order chi connectivity index (χ0) is 14.7. The number of amides is 1. The van der Waals surface area contributed by atoms with Crippen LogP contribution in [0.2, 0.25) is 0 Å². The fraction of sp³-hybridized carbons (Fsp3) is 0.353. The number of thiophene rings is 1. The third-order valence-electron chi connectivity index (χ3n) is 3.98. The fourth-order valence-electron chi connectivity index (χ4n) is 2.66. The third kappa shape index (κ3) is 3.34. The van der Waals surface area contributed by atoms with Crippen LogP contribution in [0, 0.1) is 0 Å². The molecule has 2 aromatic rings. The first-order chi connectivity index (χ1) is 10.2. The Hall–Kier alpha value is -1.65. The third-order valence-corrected chi connectivity index (χ3v) is 4.86. The molecule has 0 unspecified atom stereocenters. The molecule has 1 aromatic heterocycles. The van der Waals surface area contributed by atoms with Crippen LogP contribution in [-0.2, 0) is 6.42 Å². The van der Waals surface area contributed by atoms with Gasteiger partial charge in [-0.15, -0.1) is 11.3 Å². The lowest BCUT2D eigenvalue weighted by atomic mass is 10.0. The van der Waals surface area contributed by atoms with Gasteiger partial charge in [-0.05, 0) is 30.1 Å². The Labute approximate surface area is 129 Å². The average molecular weight is 300 g/mol. The zero-order valence-electron chi connectivity index (χ0n) is 12.3. The number of hydrogen-bond acceptors (Lipinski definition) is 3. The Balaban J connectivity index is 1.79. The smallest absolute Gasteiger partial charge is 0.254 e. The standard InChI is InChI=1S/C17H20N2OS/c1-18-8-10-19(11-9-18)17(20)16-7-3-2-5-14(16)13-15-6-4-12-21-15/h2-7,12H,8-11,13H2,1H3. The molecule has 3 nitrogen and oxygen atoms in total. The molecule has 1 amide bonds. The fourth-order valence-corrected chi connectivity index (χ4v) is 3.39. The number of carbonyl (C=O) groups is 1. The Morgan fingerprint density at radius 3 is 2.57 bits per heavy atom. The van der Waals surface area contributed by atoms with Crippen LogP contribution in [0.3, 0.4) is 0 Å². The lowest BCUT2D eigenvalue weighted by Crippen LogP contribution is -2.47. The highest BCUT2D eigenvalue weighted by molar-refractivity contribution is 7.09. The van der Waals surface area contributed by atoms with Gasteiger partial charge >= 0.3 is 0 Å². The first-order valence-corrected chi connectivity index (χ1v) is 8.20. The maximum Gasteiger partial charge on any atom is 0.254 e. The number of hydrogen-bond donors (Lipinski definition) is 0. The quantitative estimate of drug-likeness (QED) is 0.870.